The highest BCUT2D eigenvalue weighted by molar-refractivity contribution is 5.97. The van der Waals surface area contributed by atoms with Gasteiger partial charge in [-0.3, -0.25) is 9.59 Å². The van der Waals surface area contributed by atoms with Crippen LogP contribution in [0.15, 0.2) is 24.3 Å². The van der Waals surface area contributed by atoms with Crippen LogP contribution in [-0.2, 0) is 20.7 Å². The molecule has 0 bridgehead atoms. The summed E-state index contributed by atoms with van der Waals surface area (Å²) in [5.74, 6) is -1.15. The topological polar surface area (TPSA) is 99.4 Å². The van der Waals surface area contributed by atoms with E-state index in [1.165, 1.54) is 0 Å². The Kier molecular flexibility index (Phi) is 5.12. The summed E-state index contributed by atoms with van der Waals surface area (Å²) in [6.07, 6.45) is 1.31. The maximum atomic E-state index is 12.4. The molecule has 1 saturated heterocycles. The number of carbonyl (C=O) groups is 2. The van der Waals surface area contributed by atoms with Crippen LogP contribution >= 0.6 is 0 Å². The van der Waals surface area contributed by atoms with Gasteiger partial charge in [0, 0.05) is 25.3 Å². The molecule has 6 heteroatoms. The van der Waals surface area contributed by atoms with Gasteiger partial charge >= 0.3 is 5.97 Å². The van der Waals surface area contributed by atoms with Crippen LogP contribution in [0.1, 0.15) is 24.8 Å². The number of aryl methyl sites for hydroxylation is 1. The molecular formula is C16H18N2O4. The number of carbonyl (C=O) groups excluding carboxylic acids is 1. The van der Waals surface area contributed by atoms with Crippen LogP contribution in [0.3, 0.4) is 0 Å². The molecule has 1 aromatic rings. The summed E-state index contributed by atoms with van der Waals surface area (Å²) in [6.45, 7) is 0.824. The molecule has 6 nitrogen and oxygen atoms in total. The second-order valence-electron chi connectivity index (χ2n) is 5.35. The Morgan fingerprint density at radius 2 is 1.91 bits per heavy atom. The van der Waals surface area contributed by atoms with E-state index in [2.05, 4.69) is 11.4 Å². The average Bonchev–Trinajstić information content (AvgIpc) is 2.54. The monoisotopic (exact) mass is 302 g/mol. The molecule has 2 N–H and O–H groups in total. The summed E-state index contributed by atoms with van der Waals surface area (Å²) in [5, 5.41) is 20.7. The van der Waals surface area contributed by atoms with Crippen LogP contribution < -0.4 is 5.32 Å². The van der Waals surface area contributed by atoms with E-state index in [9.17, 15) is 14.9 Å². The number of nitriles is 1. The third-order valence-corrected chi connectivity index (χ3v) is 3.83. The van der Waals surface area contributed by atoms with E-state index in [-0.39, 0.29) is 12.3 Å². The average molecular weight is 302 g/mol. The number of benzene rings is 1. The summed E-state index contributed by atoms with van der Waals surface area (Å²) in [7, 11) is 0. The number of anilines is 1. The Morgan fingerprint density at radius 1 is 1.27 bits per heavy atom. The molecule has 0 saturated carbocycles. The predicted octanol–water partition coefficient (Wildman–Crippen LogP) is 1.96. The van der Waals surface area contributed by atoms with Crippen molar-refractivity contribution in [1.29, 1.82) is 5.26 Å². The first-order valence-corrected chi connectivity index (χ1v) is 7.17. The number of nitrogens with one attached hydrogen (secondary N) is 1. The third kappa shape index (κ3) is 3.83. The zero-order valence-electron chi connectivity index (χ0n) is 12.2. The molecule has 0 aliphatic carbocycles. The van der Waals surface area contributed by atoms with Crippen LogP contribution in [0.2, 0.25) is 0 Å². The highest BCUT2D eigenvalue weighted by Crippen LogP contribution is 2.31. The van der Waals surface area contributed by atoms with Gasteiger partial charge in [0.15, 0.2) is 0 Å². The van der Waals surface area contributed by atoms with E-state index in [4.69, 9.17) is 9.84 Å². The fourth-order valence-electron chi connectivity index (χ4n) is 2.37. The summed E-state index contributed by atoms with van der Waals surface area (Å²) < 4.78 is 5.21. The van der Waals surface area contributed by atoms with Gasteiger partial charge < -0.3 is 15.2 Å². The van der Waals surface area contributed by atoms with E-state index >= 15 is 0 Å². The van der Waals surface area contributed by atoms with Crippen molar-refractivity contribution >= 4 is 17.6 Å². The minimum Gasteiger partial charge on any atom is -0.481 e. The summed E-state index contributed by atoms with van der Waals surface area (Å²) in [4.78, 5) is 22.9. The number of rotatable bonds is 5. The number of nitrogens with zero attached hydrogens (tertiary/aromatic N) is 1. The first-order chi connectivity index (χ1) is 10.6. The van der Waals surface area contributed by atoms with Gasteiger partial charge in [-0.25, -0.2) is 0 Å². The molecule has 1 heterocycles. The predicted molar refractivity (Wildman–Crippen MR) is 79.1 cm³/mol. The van der Waals surface area contributed by atoms with Gasteiger partial charge in [-0.15, -0.1) is 0 Å². The molecule has 1 aromatic carbocycles. The lowest BCUT2D eigenvalue weighted by atomic mass is 9.81. The molecule has 0 aromatic heterocycles. The number of aliphatic carboxylic acids is 1. The van der Waals surface area contributed by atoms with Crippen LogP contribution in [0.5, 0.6) is 0 Å². The fourth-order valence-corrected chi connectivity index (χ4v) is 2.37. The van der Waals surface area contributed by atoms with Crippen molar-refractivity contribution in [2.45, 2.75) is 25.7 Å². The Hall–Kier alpha value is -2.39. The molecule has 2 rings (SSSR count). The molecule has 0 radical (unpaired) electrons. The Balaban J connectivity index is 1.99. The van der Waals surface area contributed by atoms with Crippen LogP contribution in [-0.4, -0.2) is 30.2 Å². The minimum atomic E-state index is -1.03. The maximum Gasteiger partial charge on any atom is 0.303 e. The Bertz CT molecular complexity index is 583. The third-order valence-electron chi connectivity index (χ3n) is 3.83. The van der Waals surface area contributed by atoms with Crippen molar-refractivity contribution in [3.05, 3.63) is 29.8 Å². The molecule has 0 spiro atoms. The largest absolute Gasteiger partial charge is 0.481 e. The molecule has 1 aliphatic rings. The second kappa shape index (κ2) is 7.05. The Morgan fingerprint density at radius 3 is 2.45 bits per heavy atom. The van der Waals surface area contributed by atoms with E-state index in [0.717, 1.165) is 5.56 Å². The number of hydrogen-bond acceptors (Lipinski definition) is 4. The lowest BCUT2D eigenvalue weighted by molar-refractivity contribution is -0.137. The highest BCUT2D eigenvalue weighted by atomic mass is 16.5. The van der Waals surface area contributed by atoms with Gasteiger partial charge in [0.05, 0.1) is 6.07 Å². The Labute approximate surface area is 128 Å². The van der Waals surface area contributed by atoms with E-state index in [1.807, 2.05) is 0 Å². The zero-order valence-corrected chi connectivity index (χ0v) is 12.2. The highest BCUT2D eigenvalue weighted by Gasteiger charge is 2.40. The smallest absolute Gasteiger partial charge is 0.303 e. The number of hydrogen-bond donors (Lipinski definition) is 2. The SMILES string of the molecule is N#CC1(C(=O)Nc2ccc(CCC(=O)O)cc2)CCOCC1. The van der Waals surface area contributed by atoms with E-state index < -0.39 is 11.4 Å². The van der Waals surface area contributed by atoms with Crippen molar-refractivity contribution in [1.82, 2.24) is 0 Å². The van der Waals surface area contributed by atoms with E-state index in [0.29, 0.717) is 38.2 Å². The standard InChI is InChI=1S/C16H18N2O4/c17-11-16(7-9-22-10-8-16)15(21)18-13-4-1-12(2-5-13)3-6-14(19)20/h1-2,4-5H,3,6-10H2,(H,18,21)(H,19,20). The molecular weight excluding hydrogens is 284 g/mol. The molecule has 1 fully saturated rings. The lowest BCUT2D eigenvalue weighted by Gasteiger charge is -2.29. The van der Waals surface area contributed by atoms with Gasteiger partial charge in [-0.05, 0) is 37.0 Å². The van der Waals surface area contributed by atoms with Crippen LogP contribution in [0, 0.1) is 16.7 Å². The van der Waals surface area contributed by atoms with Gasteiger partial charge in [0.1, 0.15) is 5.41 Å². The molecule has 1 amide bonds. The van der Waals surface area contributed by atoms with Crippen molar-refractivity contribution in [3.63, 3.8) is 0 Å². The molecule has 116 valence electrons. The molecule has 1 aliphatic heterocycles. The first kappa shape index (κ1) is 16.0. The van der Waals surface area contributed by atoms with Crippen molar-refractivity contribution in [2.75, 3.05) is 18.5 Å². The fraction of sp³-hybridized carbons (Fsp3) is 0.438. The van der Waals surface area contributed by atoms with Crippen LogP contribution in [0.25, 0.3) is 0 Å². The summed E-state index contributed by atoms with van der Waals surface area (Å²) >= 11 is 0. The zero-order chi connectivity index (χ0) is 16.0. The van der Waals surface area contributed by atoms with Gasteiger partial charge in [-0.2, -0.15) is 5.26 Å². The van der Waals surface area contributed by atoms with Crippen molar-refractivity contribution in [3.8, 4) is 6.07 Å². The number of carboxylic acids is 1. The normalized spacial score (nSPS) is 16.5. The van der Waals surface area contributed by atoms with E-state index in [1.54, 1.807) is 24.3 Å². The number of amides is 1. The van der Waals surface area contributed by atoms with Crippen LogP contribution in [0.4, 0.5) is 5.69 Å². The molecule has 22 heavy (non-hydrogen) atoms. The minimum absolute atomic E-state index is 0.0727. The number of carboxylic acid groups (broad SMARTS) is 1. The number of ether oxygens (including phenoxy) is 1. The van der Waals surface area contributed by atoms with Gasteiger partial charge in [-0.1, -0.05) is 12.1 Å². The quantitative estimate of drug-likeness (QED) is 0.866. The van der Waals surface area contributed by atoms with Crippen molar-refractivity contribution < 1.29 is 19.4 Å². The van der Waals surface area contributed by atoms with Gasteiger partial charge in [0.25, 0.3) is 0 Å². The maximum absolute atomic E-state index is 12.4. The molecule has 0 atom stereocenters. The second-order valence-corrected chi connectivity index (χ2v) is 5.35. The lowest BCUT2D eigenvalue weighted by Crippen LogP contribution is -2.39. The summed E-state index contributed by atoms with van der Waals surface area (Å²) in [6, 6.07) is 9.13. The first-order valence-electron chi connectivity index (χ1n) is 7.17. The molecule has 0 unspecified atom stereocenters. The van der Waals surface area contributed by atoms with Gasteiger partial charge in [0.2, 0.25) is 5.91 Å². The summed E-state index contributed by atoms with van der Waals surface area (Å²) in [5.41, 5.74) is 0.465. The van der Waals surface area contributed by atoms with Crippen molar-refractivity contribution in [2.24, 2.45) is 5.41 Å².